The molecule has 106 valence electrons. The highest BCUT2D eigenvalue weighted by Crippen LogP contribution is 2.35. The lowest BCUT2D eigenvalue weighted by Gasteiger charge is -2.12. The molecule has 0 saturated carbocycles. The molecule has 7 nitrogen and oxygen atoms in total. The number of nitro groups is 1. The van der Waals surface area contributed by atoms with Gasteiger partial charge >= 0.3 is 11.9 Å². The van der Waals surface area contributed by atoms with Gasteiger partial charge in [0, 0.05) is 13.1 Å². The van der Waals surface area contributed by atoms with E-state index in [0.29, 0.717) is 0 Å². The third-order valence-corrected chi connectivity index (χ3v) is 2.01. The topological polar surface area (TPSA) is 93.0 Å². The Balaban J connectivity index is 3.47. The summed E-state index contributed by atoms with van der Waals surface area (Å²) in [7, 11) is 0. The average molecular weight is 279 g/mol. The van der Waals surface area contributed by atoms with E-state index in [9.17, 15) is 23.3 Å². The van der Waals surface area contributed by atoms with Crippen molar-refractivity contribution in [3.05, 3.63) is 15.9 Å². The Morgan fingerprint density at radius 2 is 1.58 bits per heavy atom. The first-order valence-electron chi connectivity index (χ1n) is 5.42. The Morgan fingerprint density at radius 1 is 1.16 bits per heavy atom. The molecule has 19 heavy (non-hydrogen) atoms. The van der Waals surface area contributed by atoms with Gasteiger partial charge in [0.15, 0.2) is 0 Å². The molecule has 0 amide bonds. The minimum absolute atomic E-state index is 0.195. The lowest BCUT2D eigenvalue weighted by atomic mass is 10.4. The van der Waals surface area contributed by atoms with Crippen molar-refractivity contribution >= 4 is 17.3 Å². The van der Waals surface area contributed by atoms with E-state index in [1.54, 1.807) is 13.8 Å². The van der Waals surface area contributed by atoms with Gasteiger partial charge in [-0.1, -0.05) is 0 Å². The van der Waals surface area contributed by atoms with Gasteiger partial charge in [0.25, 0.3) is 0 Å². The molecule has 0 aromatic carbocycles. The second-order valence-corrected chi connectivity index (χ2v) is 3.41. The van der Waals surface area contributed by atoms with Gasteiger partial charge in [-0.05, 0) is 13.8 Å². The standard InChI is InChI=1S/C9H12F3N5O2/c1-3-13-6-5(17(18)19)7(14-4-2)16-8(15-6)9(10,11)12/h3-4H2,1-2H3,(H2,13,14,15,16). The van der Waals surface area contributed by atoms with Crippen LogP contribution in [0.4, 0.5) is 30.5 Å². The molecule has 0 unspecified atom stereocenters. The molecule has 10 heteroatoms. The SMILES string of the molecule is CCNc1nc(C(F)(F)F)nc(NCC)c1[N+](=O)[O-]. The van der Waals surface area contributed by atoms with E-state index in [1.807, 2.05) is 0 Å². The predicted octanol–water partition coefficient (Wildman–Crippen LogP) is 2.27. The number of rotatable bonds is 5. The van der Waals surface area contributed by atoms with Crippen LogP contribution in [0.3, 0.4) is 0 Å². The van der Waals surface area contributed by atoms with E-state index in [4.69, 9.17) is 0 Å². The van der Waals surface area contributed by atoms with Crippen molar-refractivity contribution in [1.82, 2.24) is 9.97 Å². The molecule has 0 saturated heterocycles. The Morgan fingerprint density at radius 3 is 1.84 bits per heavy atom. The summed E-state index contributed by atoms with van der Waals surface area (Å²) in [6.07, 6.45) is -4.77. The van der Waals surface area contributed by atoms with E-state index in [0.717, 1.165) is 0 Å². The van der Waals surface area contributed by atoms with Crippen molar-refractivity contribution in [3.8, 4) is 0 Å². The van der Waals surface area contributed by atoms with Crippen molar-refractivity contribution in [2.45, 2.75) is 20.0 Å². The maximum Gasteiger partial charge on any atom is 0.451 e. The molecule has 1 rings (SSSR count). The van der Waals surface area contributed by atoms with Crippen LogP contribution in [0, 0.1) is 10.1 Å². The zero-order valence-electron chi connectivity index (χ0n) is 10.2. The normalized spacial score (nSPS) is 11.2. The summed E-state index contributed by atoms with van der Waals surface area (Å²) in [5, 5.41) is 15.8. The van der Waals surface area contributed by atoms with E-state index >= 15 is 0 Å². The van der Waals surface area contributed by atoms with Gasteiger partial charge in [0.1, 0.15) is 0 Å². The fourth-order valence-corrected chi connectivity index (χ4v) is 1.34. The summed E-state index contributed by atoms with van der Waals surface area (Å²) in [5.74, 6) is -2.33. The van der Waals surface area contributed by atoms with Crippen molar-refractivity contribution in [2.75, 3.05) is 23.7 Å². The molecule has 0 atom stereocenters. The van der Waals surface area contributed by atoms with Crippen LogP contribution in [0.25, 0.3) is 0 Å². The van der Waals surface area contributed by atoms with Crippen LogP contribution in [0.1, 0.15) is 19.7 Å². The molecule has 0 aliphatic rings. The van der Waals surface area contributed by atoms with Crippen molar-refractivity contribution in [3.63, 3.8) is 0 Å². The number of anilines is 2. The number of halogens is 3. The highest BCUT2D eigenvalue weighted by molar-refractivity contribution is 5.69. The molecule has 0 fully saturated rings. The van der Waals surface area contributed by atoms with Gasteiger partial charge in [-0.15, -0.1) is 0 Å². The smallest absolute Gasteiger partial charge is 0.364 e. The largest absolute Gasteiger partial charge is 0.451 e. The Hall–Kier alpha value is -2.13. The fraction of sp³-hybridized carbons (Fsp3) is 0.556. The van der Waals surface area contributed by atoms with Crippen LogP contribution < -0.4 is 10.6 Å². The van der Waals surface area contributed by atoms with Crippen LogP contribution in [0.2, 0.25) is 0 Å². The molecule has 1 heterocycles. The van der Waals surface area contributed by atoms with Crippen molar-refractivity contribution in [2.24, 2.45) is 0 Å². The van der Waals surface area contributed by atoms with Crippen LogP contribution in [0.5, 0.6) is 0 Å². The summed E-state index contributed by atoms with van der Waals surface area (Å²) in [4.78, 5) is 16.4. The van der Waals surface area contributed by atoms with Crippen LogP contribution in [0.15, 0.2) is 0 Å². The van der Waals surface area contributed by atoms with Gasteiger partial charge in [0.2, 0.25) is 17.5 Å². The number of alkyl halides is 3. The van der Waals surface area contributed by atoms with Crippen molar-refractivity contribution < 1.29 is 18.1 Å². The number of aromatic nitrogens is 2. The first-order chi connectivity index (χ1) is 8.81. The maximum atomic E-state index is 12.6. The average Bonchev–Trinajstić information content (AvgIpc) is 2.27. The van der Waals surface area contributed by atoms with Crippen LogP contribution in [-0.4, -0.2) is 28.0 Å². The lowest BCUT2D eigenvalue weighted by Crippen LogP contribution is -2.17. The fourth-order valence-electron chi connectivity index (χ4n) is 1.34. The molecule has 0 spiro atoms. The lowest BCUT2D eigenvalue weighted by molar-refractivity contribution is -0.383. The third kappa shape index (κ3) is 3.42. The first kappa shape index (κ1) is 14.9. The monoisotopic (exact) mass is 279 g/mol. The number of hydrogen-bond donors (Lipinski definition) is 2. The minimum Gasteiger partial charge on any atom is -0.364 e. The third-order valence-electron chi connectivity index (χ3n) is 2.01. The van der Waals surface area contributed by atoms with Gasteiger partial charge in [0.05, 0.1) is 4.92 Å². The highest BCUT2D eigenvalue weighted by Gasteiger charge is 2.38. The number of nitrogens with one attached hydrogen (secondary N) is 2. The zero-order chi connectivity index (χ0) is 14.6. The van der Waals surface area contributed by atoms with Crippen LogP contribution in [-0.2, 0) is 6.18 Å². The Bertz CT molecular complexity index is 450. The number of hydrogen-bond acceptors (Lipinski definition) is 6. The number of nitrogens with zero attached hydrogens (tertiary/aromatic N) is 3. The molecule has 1 aromatic heterocycles. The van der Waals surface area contributed by atoms with Crippen molar-refractivity contribution in [1.29, 1.82) is 0 Å². The molecular weight excluding hydrogens is 267 g/mol. The second kappa shape index (κ2) is 5.67. The summed E-state index contributed by atoms with van der Waals surface area (Å²) in [6.45, 7) is 3.57. The summed E-state index contributed by atoms with van der Waals surface area (Å²) in [6, 6.07) is 0. The Kier molecular flexibility index (Phi) is 4.46. The van der Waals surface area contributed by atoms with Gasteiger partial charge in [-0.2, -0.15) is 13.2 Å². The summed E-state index contributed by atoms with van der Waals surface area (Å²) >= 11 is 0. The van der Waals surface area contributed by atoms with E-state index in [-0.39, 0.29) is 13.1 Å². The maximum absolute atomic E-state index is 12.6. The summed E-state index contributed by atoms with van der Waals surface area (Å²) in [5.41, 5.74) is -0.600. The Labute approximate surface area is 106 Å². The van der Waals surface area contributed by atoms with Gasteiger partial charge < -0.3 is 10.6 Å². The molecule has 0 radical (unpaired) electrons. The second-order valence-electron chi connectivity index (χ2n) is 3.41. The zero-order valence-corrected chi connectivity index (χ0v) is 10.2. The van der Waals surface area contributed by atoms with Crippen LogP contribution >= 0.6 is 0 Å². The first-order valence-corrected chi connectivity index (χ1v) is 5.42. The summed E-state index contributed by atoms with van der Waals surface area (Å²) < 4.78 is 37.8. The quantitative estimate of drug-likeness (QED) is 0.634. The molecular formula is C9H12F3N5O2. The highest BCUT2D eigenvalue weighted by atomic mass is 19.4. The molecule has 0 aliphatic carbocycles. The molecule has 1 aromatic rings. The van der Waals surface area contributed by atoms with Gasteiger partial charge in [-0.3, -0.25) is 10.1 Å². The molecule has 0 aliphatic heterocycles. The predicted molar refractivity (Wildman–Crippen MR) is 62.0 cm³/mol. The molecule has 2 N–H and O–H groups in total. The van der Waals surface area contributed by atoms with E-state index in [1.165, 1.54) is 0 Å². The van der Waals surface area contributed by atoms with E-state index < -0.39 is 34.2 Å². The van der Waals surface area contributed by atoms with E-state index in [2.05, 4.69) is 20.6 Å². The van der Waals surface area contributed by atoms with Gasteiger partial charge in [-0.25, -0.2) is 9.97 Å². The minimum atomic E-state index is -4.77. The molecule has 0 bridgehead atoms.